The van der Waals surface area contributed by atoms with Gasteiger partial charge in [0.2, 0.25) is 21.8 Å². The van der Waals surface area contributed by atoms with Crippen LogP contribution in [0.15, 0.2) is 66.3 Å². The van der Waals surface area contributed by atoms with Crippen molar-refractivity contribution >= 4 is 33.5 Å². The lowest BCUT2D eigenvalue weighted by atomic mass is 10.0. The summed E-state index contributed by atoms with van der Waals surface area (Å²) < 4.78 is 27.2. The Labute approximate surface area is 261 Å². The van der Waals surface area contributed by atoms with Gasteiger partial charge in [-0.3, -0.25) is 19.1 Å². The number of oxime groups is 1. The molecule has 5 atom stereocenters. The van der Waals surface area contributed by atoms with E-state index in [4.69, 9.17) is 4.84 Å². The summed E-state index contributed by atoms with van der Waals surface area (Å²) in [6, 6.07) is 13.6. The van der Waals surface area contributed by atoms with Crippen LogP contribution in [0.5, 0.6) is 0 Å². The van der Waals surface area contributed by atoms with E-state index in [1.165, 1.54) is 11.0 Å². The van der Waals surface area contributed by atoms with E-state index in [9.17, 15) is 28.0 Å². The van der Waals surface area contributed by atoms with Gasteiger partial charge in [-0.15, -0.1) is 6.58 Å². The molecular formula is C32H37N5O7S. The number of hydrogen-bond acceptors (Lipinski definition) is 9. The number of likely N-dealkylation sites (tertiary alicyclic amines) is 1. The van der Waals surface area contributed by atoms with Gasteiger partial charge < -0.3 is 20.3 Å². The van der Waals surface area contributed by atoms with E-state index in [-0.39, 0.29) is 25.3 Å². The predicted molar refractivity (Wildman–Crippen MR) is 165 cm³/mol. The molecule has 4 aliphatic rings. The van der Waals surface area contributed by atoms with Crippen molar-refractivity contribution in [2.75, 3.05) is 6.54 Å². The Bertz CT molecular complexity index is 1640. The molecule has 2 aromatic rings. The lowest BCUT2D eigenvalue weighted by Crippen LogP contribution is -2.58. The Kier molecular flexibility index (Phi) is 8.04. The molecular weight excluding hydrogens is 598 g/mol. The summed E-state index contributed by atoms with van der Waals surface area (Å²) >= 11 is 0. The normalized spacial score (nSPS) is 25.6. The first-order valence-corrected chi connectivity index (χ1v) is 16.7. The van der Waals surface area contributed by atoms with Gasteiger partial charge in [0.25, 0.3) is 5.91 Å². The van der Waals surface area contributed by atoms with Crippen LogP contribution in [-0.4, -0.2) is 77.5 Å². The number of hydrogen-bond donors (Lipinski definition) is 4. The third-order valence-electron chi connectivity index (χ3n) is 9.12. The third-order valence-corrected chi connectivity index (χ3v) is 10.9. The van der Waals surface area contributed by atoms with Crippen LogP contribution in [0.2, 0.25) is 0 Å². The summed E-state index contributed by atoms with van der Waals surface area (Å²) in [5.74, 6) is -2.77. The molecule has 12 nitrogen and oxygen atoms in total. The van der Waals surface area contributed by atoms with Gasteiger partial charge in [0.15, 0.2) is 0 Å². The molecule has 1 saturated heterocycles. The molecule has 3 fully saturated rings. The van der Waals surface area contributed by atoms with E-state index < -0.39 is 62.6 Å². The largest absolute Gasteiger partial charge is 0.390 e. The fourth-order valence-corrected chi connectivity index (χ4v) is 7.64. The Hall–Kier alpha value is -4.07. The van der Waals surface area contributed by atoms with Crippen LogP contribution < -0.4 is 15.5 Å². The van der Waals surface area contributed by atoms with Crippen molar-refractivity contribution in [3.8, 4) is 11.1 Å². The first kappa shape index (κ1) is 30.9. The molecule has 0 bridgehead atoms. The lowest BCUT2D eigenvalue weighted by molar-refractivity contribution is -0.144. The molecule has 0 unspecified atom stereocenters. The zero-order chi connectivity index (χ0) is 32.1. The number of carbonyl (C=O) groups is 3. The zero-order valence-corrected chi connectivity index (χ0v) is 25.9. The van der Waals surface area contributed by atoms with Gasteiger partial charge in [0, 0.05) is 23.5 Å². The van der Waals surface area contributed by atoms with Crippen molar-refractivity contribution in [1.29, 1.82) is 0 Å². The molecule has 1 heterocycles. The van der Waals surface area contributed by atoms with Crippen molar-refractivity contribution < 1.29 is 32.8 Å². The standard InChI is InChI=1S/C32H37N5O7S/c1-4-19-16-32(19,31(40)36-45(42,43)21-13-14-21)33-29(38)26-15-20(17-37(26)30(39)27(34-41)18(2)3)44-35-28-24-11-7-5-9-22(24)23-10-6-8-12-25(23)28/h4-12,18-21,26-27,34,41H,1,13-17H2,2-3H3,(H,33,38)(H,36,40)/t19-,20-,26+,27+,32-/m1/s1. The predicted octanol–water partition coefficient (Wildman–Crippen LogP) is 2.08. The Balaban J connectivity index is 1.25. The number of hydroxylamine groups is 1. The van der Waals surface area contributed by atoms with E-state index in [1.54, 1.807) is 13.8 Å². The first-order chi connectivity index (χ1) is 21.5. The highest BCUT2D eigenvalue weighted by Gasteiger charge is 2.62. The molecule has 45 heavy (non-hydrogen) atoms. The van der Waals surface area contributed by atoms with E-state index in [0.29, 0.717) is 18.6 Å². The van der Waals surface area contributed by atoms with Crippen LogP contribution in [0, 0.1) is 11.8 Å². The molecule has 238 valence electrons. The molecule has 6 rings (SSSR count). The second-order valence-electron chi connectivity index (χ2n) is 12.5. The second kappa shape index (κ2) is 11.7. The van der Waals surface area contributed by atoms with Crippen molar-refractivity contribution in [2.24, 2.45) is 17.0 Å². The minimum absolute atomic E-state index is 0.00202. The van der Waals surface area contributed by atoms with Crippen molar-refractivity contribution in [1.82, 2.24) is 20.4 Å². The van der Waals surface area contributed by atoms with Crippen LogP contribution in [0.1, 0.15) is 50.7 Å². The SMILES string of the molecule is C=C[C@@H]1C[C@]1(NC(=O)[C@@H]1C[C@@H](ON=C2c3ccccc3-c3ccccc32)CN1C(=O)[C@@H](NO)C(C)C)C(=O)NS(=O)(=O)C1CC1. The molecule has 3 aliphatic carbocycles. The Morgan fingerprint density at radius 2 is 1.67 bits per heavy atom. The Morgan fingerprint density at radius 1 is 1.07 bits per heavy atom. The fraction of sp³-hybridized carbons (Fsp3) is 0.438. The number of sulfonamides is 1. The van der Waals surface area contributed by atoms with Gasteiger partial charge in [-0.05, 0) is 36.3 Å². The quantitative estimate of drug-likeness (QED) is 0.184. The summed E-state index contributed by atoms with van der Waals surface area (Å²) in [6.07, 6.45) is 2.01. The summed E-state index contributed by atoms with van der Waals surface area (Å²) in [5.41, 5.74) is 5.05. The molecule has 0 spiro atoms. The van der Waals surface area contributed by atoms with Crippen LogP contribution in [0.25, 0.3) is 11.1 Å². The van der Waals surface area contributed by atoms with E-state index >= 15 is 0 Å². The maximum absolute atomic E-state index is 13.9. The molecule has 0 aromatic heterocycles. The highest BCUT2D eigenvalue weighted by Crippen LogP contribution is 2.45. The number of amides is 3. The molecule has 1 aliphatic heterocycles. The maximum Gasteiger partial charge on any atom is 0.259 e. The summed E-state index contributed by atoms with van der Waals surface area (Å²) in [5, 5.41) is 16.4. The van der Waals surface area contributed by atoms with Crippen molar-refractivity contribution in [3.05, 3.63) is 72.3 Å². The van der Waals surface area contributed by atoms with Crippen LogP contribution in [0.3, 0.4) is 0 Å². The van der Waals surface area contributed by atoms with E-state index in [2.05, 4.69) is 27.3 Å². The number of rotatable bonds is 11. The second-order valence-corrected chi connectivity index (χ2v) is 14.5. The third kappa shape index (κ3) is 5.64. The van der Waals surface area contributed by atoms with Gasteiger partial charge in [-0.2, -0.15) is 5.48 Å². The number of nitrogens with one attached hydrogen (secondary N) is 3. The summed E-state index contributed by atoms with van der Waals surface area (Å²) in [7, 11) is -3.85. The summed E-state index contributed by atoms with van der Waals surface area (Å²) in [4.78, 5) is 48.1. The molecule has 2 saturated carbocycles. The van der Waals surface area contributed by atoms with Gasteiger partial charge in [-0.25, -0.2) is 8.42 Å². The zero-order valence-electron chi connectivity index (χ0n) is 25.1. The van der Waals surface area contributed by atoms with Gasteiger partial charge in [-0.1, -0.05) is 73.6 Å². The molecule has 4 N–H and O–H groups in total. The highest BCUT2D eigenvalue weighted by molar-refractivity contribution is 7.91. The smallest absolute Gasteiger partial charge is 0.259 e. The lowest BCUT2D eigenvalue weighted by Gasteiger charge is -2.30. The molecule has 13 heteroatoms. The maximum atomic E-state index is 13.9. The summed E-state index contributed by atoms with van der Waals surface area (Å²) in [6.45, 7) is 7.25. The first-order valence-electron chi connectivity index (χ1n) is 15.1. The topological polar surface area (TPSA) is 166 Å². The number of benzene rings is 2. The minimum atomic E-state index is -3.85. The number of fused-ring (bicyclic) bond motifs is 3. The average molecular weight is 636 g/mol. The van der Waals surface area contributed by atoms with E-state index in [1.807, 2.05) is 48.5 Å². The van der Waals surface area contributed by atoms with Crippen molar-refractivity contribution in [3.63, 3.8) is 0 Å². The number of carbonyl (C=O) groups excluding carboxylic acids is 3. The van der Waals surface area contributed by atoms with E-state index in [0.717, 1.165) is 22.3 Å². The molecule has 3 amide bonds. The highest BCUT2D eigenvalue weighted by atomic mass is 32.2. The molecule has 0 radical (unpaired) electrons. The Morgan fingerprint density at radius 3 is 2.18 bits per heavy atom. The van der Waals surface area contributed by atoms with Crippen LogP contribution >= 0.6 is 0 Å². The monoisotopic (exact) mass is 635 g/mol. The molecule has 2 aromatic carbocycles. The minimum Gasteiger partial charge on any atom is -0.390 e. The fourth-order valence-electron chi connectivity index (χ4n) is 6.27. The van der Waals surface area contributed by atoms with Gasteiger partial charge >= 0.3 is 0 Å². The number of nitrogens with zero attached hydrogens (tertiary/aromatic N) is 2. The van der Waals surface area contributed by atoms with Crippen LogP contribution in [-0.2, 0) is 29.2 Å². The van der Waals surface area contributed by atoms with Gasteiger partial charge in [0.1, 0.15) is 29.4 Å². The average Bonchev–Trinajstić information content (AvgIpc) is 3.92. The van der Waals surface area contributed by atoms with Crippen molar-refractivity contribution in [2.45, 2.75) is 68.5 Å². The van der Waals surface area contributed by atoms with Crippen LogP contribution in [0.4, 0.5) is 0 Å². The van der Waals surface area contributed by atoms with Gasteiger partial charge in [0.05, 0.1) is 11.8 Å².